The minimum absolute atomic E-state index is 0.0294. The number of hydrogen-bond donors (Lipinski definition) is 2. The number of nitrogens with zero attached hydrogens (tertiary/aromatic N) is 4. The van der Waals surface area contributed by atoms with Gasteiger partial charge in [0, 0.05) is 11.3 Å². The minimum atomic E-state index is -0.423. The van der Waals surface area contributed by atoms with E-state index in [1.54, 1.807) is 22.9 Å². The van der Waals surface area contributed by atoms with Crippen LogP contribution in [0.4, 0.5) is 0 Å². The molecule has 0 spiro atoms. The summed E-state index contributed by atoms with van der Waals surface area (Å²) in [6.45, 7) is 7.51. The Morgan fingerprint density at radius 2 is 1.65 bits per heavy atom. The van der Waals surface area contributed by atoms with Gasteiger partial charge in [0.25, 0.3) is 11.8 Å². The standard InChI is InChI=1S/C18H20N6O2/c1-10-7-11(2)24(23-10)9-17(25)21-22-18(26)14-5-6-15-16(8-14)20-13(4)12(3)19-15/h5-8H,9H2,1-4H3,(H,21,25)(H,22,26). The van der Waals surface area contributed by atoms with Crippen LogP contribution in [-0.4, -0.2) is 31.6 Å². The first-order valence-corrected chi connectivity index (χ1v) is 8.19. The molecule has 2 heterocycles. The van der Waals surface area contributed by atoms with E-state index < -0.39 is 5.91 Å². The van der Waals surface area contributed by atoms with Crippen molar-refractivity contribution in [3.63, 3.8) is 0 Å². The Balaban J connectivity index is 1.66. The number of benzene rings is 1. The Morgan fingerprint density at radius 1 is 0.962 bits per heavy atom. The first kappa shape index (κ1) is 17.5. The highest BCUT2D eigenvalue weighted by Gasteiger charge is 2.11. The fourth-order valence-electron chi connectivity index (χ4n) is 2.58. The van der Waals surface area contributed by atoms with Crippen molar-refractivity contribution in [3.8, 4) is 0 Å². The van der Waals surface area contributed by atoms with Crippen molar-refractivity contribution < 1.29 is 9.59 Å². The zero-order valence-electron chi connectivity index (χ0n) is 15.1. The van der Waals surface area contributed by atoms with E-state index in [9.17, 15) is 9.59 Å². The van der Waals surface area contributed by atoms with Crippen LogP contribution < -0.4 is 10.9 Å². The summed E-state index contributed by atoms with van der Waals surface area (Å²) in [4.78, 5) is 33.1. The number of rotatable bonds is 3. The molecule has 0 saturated heterocycles. The zero-order chi connectivity index (χ0) is 18.8. The summed E-state index contributed by atoms with van der Waals surface area (Å²) in [5.41, 5.74) is 9.93. The van der Waals surface area contributed by atoms with Crippen molar-refractivity contribution >= 4 is 22.8 Å². The second-order valence-electron chi connectivity index (χ2n) is 6.18. The van der Waals surface area contributed by atoms with E-state index in [0.29, 0.717) is 11.1 Å². The van der Waals surface area contributed by atoms with Crippen molar-refractivity contribution in [2.24, 2.45) is 0 Å². The van der Waals surface area contributed by atoms with Crippen LogP contribution in [0.5, 0.6) is 0 Å². The fourth-order valence-corrected chi connectivity index (χ4v) is 2.58. The fraction of sp³-hybridized carbons (Fsp3) is 0.278. The number of hydrazine groups is 1. The van der Waals surface area contributed by atoms with E-state index in [1.807, 2.05) is 33.8 Å². The van der Waals surface area contributed by atoms with Crippen molar-refractivity contribution in [1.29, 1.82) is 0 Å². The average molecular weight is 352 g/mol. The van der Waals surface area contributed by atoms with E-state index in [0.717, 1.165) is 28.3 Å². The molecular weight excluding hydrogens is 332 g/mol. The normalized spacial score (nSPS) is 10.8. The maximum absolute atomic E-state index is 12.3. The molecule has 0 unspecified atom stereocenters. The highest BCUT2D eigenvalue weighted by atomic mass is 16.2. The van der Waals surface area contributed by atoms with Gasteiger partial charge in [0.15, 0.2) is 0 Å². The number of nitrogens with one attached hydrogen (secondary N) is 2. The third-order valence-corrected chi connectivity index (χ3v) is 4.05. The number of aromatic nitrogens is 4. The average Bonchev–Trinajstić information content (AvgIpc) is 2.90. The molecule has 0 saturated carbocycles. The number of hydrogen-bond acceptors (Lipinski definition) is 5. The zero-order valence-corrected chi connectivity index (χ0v) is 15.1. The molecule has 134 valence electrons. The smallest absolute Gasteiger partial charge is 0.269 e. The van der Waals surface area contributed by atoms with E-state index in [4.69, 9.17) is 0 Å². The van der Waals surface area contributed by atoms with Gasteiger partial charge in [-0.05, 0) is 52.0 Å². The molecule has 1 aromatic carbocycles. The topological polar surface area (TPSA) is 102 Å². The van der Waals surface area contributed by atoms with Crippen LogP contribution in [0, 0.1) is 27.7 Å². The van der Waals surface area contributed by atoms with Gasteiger partial charge in [-0.15, -0.1) is 0 Å². The summed E-state index contributed by atoms with van der Waals surface area (Å²) < 4.78 is 1.58. The van der Waals surface area contributed by atoms with Gasteiger partial charge < -0.3 is 0 Å². The molecule has 2 amide bonds. The second kappa shape index (κ2) is 6.91. The number of carbonyl (C=O) groups is 2. The molecule has 8 heteroatoms. The first-order valence-electron chi connectivity index (χ1n) is 8.19. The molecule has 3 aromatic rings. The number of amides is 2. The Morgan fingerprint density at radius 3 is 2.31 bits per heavy atom. The van der Waals surface area contributed by atoms with E-state index >= 15 is 0 Å². The molecule has 0 aliphatic heterocycles. The summed E-state index contributed by atoms with van der Waals surface area (Å²) in [5.74, 6) is -0.787. The van der Waals surface area contributed by atoms with Crippen LogP contribution in [0.1, 0.15) is 33.1 Å². The summed E-state index contributed by atoms with van der Waals surface area (Å²) in [7, 11) is 0. The van der Waals surface area contributed by atoms with Gasteiger partial charge in [-0.1, -0.05) is 0 Å². The van der Waals surface area contributed by atoms with Crippen LogP contribution in [0.15, 0.2) is 24.3 Å². The molecule has 26 heavy (non-hydrogen) atoms. The molecular formula is C18H20N6O2. The van der Waals surface area contributed by atoms with E-state index in [1.165, 1.54) is 0 Å². The number of aryl methyl sites for hydroxylation is 4. The third-order valence-electron chi connectivity index (χ3n) is 4.05. The summed E-state index contributed by atoms with van der Waals surface area (Å²) in [6.07, 6.45) is 0. The van der Waals surface area contributed by atoms with Crippen molar-refractivity contribution in [3.05, 3.63) is 52.6 Å². The lowest BCUT2D eigenvalue weighted by molar-refractivity contribution is -0.122. The quantitative estimate of drug-likeness (QED) is 0.696. The molecule has 2 aromatic heterocycles. The molecule has 2 N–H and O–H groups in total. The molecule has 0 atom stereocenters. The Hall–Kier alpha value is -3.29. The molecule has 8 nitrogen and oxygen atoms in total. The van der Waals surface area contributed by atoms with Gasteiger partial charge in [-0.25, -0.2) is 9.97 Å². The maximum atomic E-state index is 12.3. The largest absolute Gasteiger partial charge is 0.271 e. The molecule has 0 radical (unpaired) electrons. The van der Waals surface area contributed by atoms with Gasteiger partial charge in [0.2, 0.25) is 0 Å². The lowest BCUT2D eigenvalue weighted by Gasteiger charge is -2.09. The Labute approximate surface area is 150 Å². The molecule has 0 aliphatic carbocycles. The Kier molecular flexibility index (Phi) is 4.66. The van der Waals surface area contributed by atoms with Gasteiger partial charge >= 0.3 is 0 Å². The van der Waals surface area contributed by atoms with Crippen LogP contribution in [0.2, 0.25) is 0 Å². The summed E-state index contributed by atoms with van der Waals surface area (Å²) in [6, 6.07) is 6.92. The highest BCUT2D eigenvalue weighted by molar-refractivity contribution is 5.98. The second-order valence-corrected chi connectivity index (χ2v) is 6.18. The lowest BCUT2D eigenvalue weighted by Crippen LogP contribution is -2.43. The van der Waals surface area contributed by atoms with Crippen molar-refractivity contribution in [1.82, 2.24) is 30.6 Å². The van der Waals surface area contributed by atoms with Gasteiger partial charge in [-0.2, -0.15) is 5.10 Å². The number of fused-ring (bicyclic) bond motifs is 1. The van der Waals surface area contributed by atoms with Gasteiger partial charge in [0.05, 0.1) is 28.1 Å². The van der Waals surface area contributed by atoms with Crippen LogP contribution in [-0.2, 0) is 11.3 Å². The monoisotopic (exact) mass is 352 g/mol. The Bertz CT molecular complexity index is 1010. The van der Waals surface area contributed by atoms with E-state index in [2.05, 4.69) is 25.9 Å². The number of carbonyl (C=O) groups excluding carboxylic acids is 2. The van der Waals surface area contributed by atoms with Crippen LogP contribution >= 0.6 is 0 Å². The van der Waals surface area contributed by atoms with Crippen molar-refractivity contribution in [2.75, 3.05) is 0 Å². The summed E-state index contributed by atoms with van der Waals surface area (Å²) in [5, 5.41) is 4.21. The summed E-state index contributed by atoms with van der Waals surface area (Å²) >= 11 is 0. The third kappa shape index (κ3) is 3.69. The van der Waals surface area contributed by atoms with E-state index in [-0.39, 0.29) is 12.5 Å². The molecule has 0 bridgehead atoms. The molecule has 0 fully saturated rings. The predicted molar refractivity (Wildman–Crippen MR) is 96.3 cm³/mol. The predicted octanol–water partition coefficient (Wildman–Crippen LogP) is 1.52. The molecule has 3 rings (SSSR count). The maximum Gasteiger partial charge on any atom is 0.269 e. The van der Waals surface area contributed by atoms with Crippen LogP contribution in [0.3, 0.4) is 0 Å². The van der Waals surface area contributed by atoms with Gasteiger partial charge in [0.1, 0.15) is 6.54 Å². The van der Waals surface area contributed by atoms with Gasteiger partial charge in [-0.3, -0.25) is 25.1 Å². The lowest BCUT2D eigenvalue weighted by atomic mass is 10.1. The first-order chi connectivity index (χ1) is 12.3. The highest BCUT2D eigenvalue weighted by Crippen LogP contribution is 2.14. The molecule has 0 aliphatic rings. The minimum Gasteiger partial charge on any atom is -0.271 e. The SMILES string of the molecule is Cc1cc(C)n(CC(=O)NNC(=O)c2ccc3nc(C)c(C)nc3c2)n1. The van der Waals surface area contributed by atoms with Crippen molar-refractivity contribution in [2.45, 2.75) is 34.2 Å². The van der Waals surface area contributed by atoms with Crippen LogP contribution in [0.25, 0.3) is 11.0 Å².